The number of rotatable bonds is 1. The Balaban J connectivity index is 2.39. The second-order valence-corrected chi connectivity index (χ2v) is 3.07. The lowest BCUT2D eigenvalue weighted by molar-refractivity contribution is -0.150. The van der Waals surface area contributed by atoms with Gasteiger partial charge in [-0.2, -0.15) is 5.26 Å². The van der Waals surface area contributed by atoms with Gasteiger partial charge in [-0.1, -0.05) is 6.42 Å². The predicted molar refractivity (Wildman–Crippen MR) is 43.2 cm³/mol. The molecule has 1 saturated heterocycles. The van der Waals surface area contributed by atoms with Gasteiger partial charge in [-0.3, -0.25) is 4.79 Å². The van der Waals surface area contributed by atoms with E-state index in [9.17, 15) is 4.79 Å². The maximum atomic E-state index is 11.0. The Morgan fingerprint density at radius 3 is 3.08 bits per heavy atom. The summed E-state index contributed by atoms with van der Waals surface area (Å²) in [6, 6.07) is 2.03. The highest BCUT2D eigenvalue weighted by Gasteiger charge is 2.16. The molecule has 0 radical (unpaired) electrons. The van der Waals surface area contributed by atoms with Crippen LogP contribution in [0.1, 0.15) is 38.5 Å². The van der Waals surface area contributed by atoms with Gasteiger partial charge in [0.25, 0.3) is 0 Å². The van der Waals surface area contributed by atoms with Crippen LogP contribution in [0.15, 0.2) is 0 Å². The molecule has 0 amide bonds. The highest BCUT2D eigenvalue weighted by atomic mass is 16.5. The zero-order chi connectivity index (χ0) is 8.81. The van der Waals surface area contributed by atoms with Gasteiger partial charge < -0.3 is 4.74 Å². The quantitative estimate of drug-likeness (QED) is 0.559. The summed E-state index contributed by atoms with van der Waals surface area (Å²) in [7, 11) is 0. The Morgan fingerprint density at radius 2 is 2.33 bits per heavy atom. The lowest BCUT2D eigenvalue weighted by Crippen LogP contribution is -2.19. The molecule has 0 bridgehead atoms. The van der Waals surface area contributed by atoms with Gasteiger partial charge in [0.2, 0.25) is 0 Å². The highest BCUT2D eigenvalue weighted by Crippen LogP contribution is 2.15. The molecule has 0 saturated carbocycles. The minimum Gasteiger partial charge on any atom is -0.461 e. The fourth-order valence-electron chi connectivity index (χ4n) is 1.37. The van der Waals surface area contributed by atoms with Gasteiger partial charge in [-0.25, -0.2) is 0 Å². The standard InChI is InChI=1S/C9H13NO2/c10-7-6-8-4-2-1-3-5-9(11)12-8/h8H,1-6H2. The summed E-state index contributed by atoms with van der Waals surface area (Å²) in [5, 5.41) is 8.43. The van der Waals surface area contributed by atoms with Crippen LogP contribution >= 0.6 is 0 Å². The van der Waals surface area contributed by atoms with Gasteiger partial charge in [0.15, 0.2) is 0 Å². The fraction of sp³-hybridized carbons (Fsp3) is 0.778. The fourth-order valence-corrected chi connectivity index (χ4v) is 1.37. The molecule has 1 heterocycles. The van der Waals surface area contributed by atoms with Crippen molar-refractivity contribution in [1.29, 1.82) is 5.26 Å². The maximum absolute atomic E-state index is 11.0. The lowest BCUT2D eigenvalue weighted by atomic mass is 10.1. The molecule has 0 aromatic carbocycles. The highest BCUT2D eigenvalue weighted by molar-refractivity contribution is 5.69. The van der Waals surface area contributed by atoms with Crippen LogP contribution in [-0.4, -0.2) is 12.1 Å². The van der Waals surface area contributed by atoms with Crippen LogP contribution in [0.3, 0.4) is 0 Å². The minimum absolute atomic E-state index is 0.144. The molecule has 3 nitrogen and oxygen atoms in total. The molecule has 1 aliphatic rings. The first-order chi connectivity index (χ1) is 5.83. The third-order valence-corrected chi connectivity index (χ3v) is 2.02. The number of nitrogens with zero attached hydrogens (tertiary/aromatic N) is 1. The molecular formula is C9H13NO2. The number of carbonyl (C=O) groups is 1. The van der Waals surface area contributed by atoms with Gasteiger partial charge in [0.05, 0.1) is 12.5 Å². The molecule has 1 fully saturated rings. The summed E-state index contributed by atoms with van der Waals surface area (Å²) in [6.07, 6.45) is 4.63. The zero-order valence-corrected chi connectivity index (χ0v) is 7.08. The van der Waals surface area contributed by atoms with E-state index < -0.39 is 0 Å². The molecule has 0 aromatic heterocycles. The maximum Gasteiger partial charge on any atom is 0.306 e. The number of nitriles is 1. The van der Waals surface area contributed by atoms with Crippen LogP contribution in [0.2, 0.25) is 0 Å². The summed E-state index contributed by atoms with van der Waals surface area (Å²) in [4.78, 5) is 11.0. The number of esters is 1. The van der Waals surface area contributed by atoms with Crippen molar-refractivity contribution >= 4 is 5.97 Å². The van der Waals surface area contributed by atoms with Crippen molar-refractivity contribution in [2.75, 3.05) is 0 Å². The zero-order valence-electron chi connectivity index (χ0n) is 7.08. The largest absolute Gasteiger partial charge is 0.461 e. The Morgan fingerprint density at radius 1 is 1.50 bits per heavy atom. The van der Waals surface area contributed by atoms with E-state index in [0.717, 1.165) is 25.7 Å². The Labute approximate surface area is 72.3 Å². The second kappa shape index (κ2) is 4.76. The van der Waals surface area contributed by atoms with E-state index in [0.29, 0.717) is 12.8 Å². The van der Waals surface area contributed by atoms with Crippen molar-refractivity contribution in [3.8, 4) is 6.07 Å². The van der Waals surface area contributed by atoms with Crippen molar-refractivity contribution in [3.63, 3.8) is 0 Å². The summed E-state index contributed by atoms with van der Waals surface area (Å²) in [5.74, 6) is -0.144. The molecule has 0 N–H and O–H groups in total. The molecular weight excluding hydrogens is 154 g/mol. The molecule has 0 aromatic rings. The van der Waals surface area contributed by atoms with Crippen molar-refractivity contribution in [3.05, 3.63) is 0 Å². The summed E-state index contributed by atoms with van der Waals surface area (Å²) in [5.41, 5.74) is 0. The third-order valence-electron chi connectivity index (χ3n) is 2.02. The Kier molecular flexibility index (Phi) is 3.59. The summed E-state index contributed by atoms with van der Waals surface area (Å²) in [6.45, 7) is 0. The van der Waals surface area contributed by atoms with Crippen LogP contribution in [0.4, 0.5) is 0 Å². The van der Waals surface area contributed by atoms with E-state index in [4.69, 9.17) is 10.00 Å². The van der Waals surface area contributed by atoms with Crippen molar-refractivity contribution in [2.45, 2.75) is 44.6 Å². The Hall–Kier alpha value is -1.04. The van der Waals surface area contributed by atoms with Crippen LogP contribution < -0.4 is 0 Å². The number of ether oxygens (including phenoxy) is 1. The summed E-state index contributed by atoms with van der Waals surface area (Å²) >= 11 is 0. The number of carbonyl (C=O) groups excluding carboxylic acids is 1. The monoisotopic (exact) mass is 167 g/mol. The number of cyclic esters (lactones) is 1. The molecule has 1 atom stereocenters. The van der Waals surface area contributed by atoms with Crippen molar-refractivity contribution in [2.24, 2.45) is 0 Å². The average molecular weight is 167 g/mol. The predicted octanol–water partition coefficient (Wildman–Crippen LogP) is 1.78. The van der Waals surface area contributed by atoms with Crippen molar-refractivity contribution < 1.29 is 9.53 Å². The third kappa shape index (κ3) is 2.91. The normalized spacial score (nSPS) is 24.9. The molecule has 0 spiro atoms. The van der Waals surface area contributed by atoms with E-state index in [1.54, 1.807) is 0 Å². The summed E-state index contributed by atoms with van der Waals surface area (Å²) < 4.78 is 5.07. The smallest absolute Gasteiger partial charge is 0.306 e. The number of hydrogen-bond donors (Lipinski definition) is 0. The molecule has 1 aliphatic heterocycles. The van der Waals surface area contributed by atoms with Gasteiger partial charge in [0, 0.05) is 6.42 Å². The first kappa shape index (κ1) is 9.05. The minimum atomic E-state index is -0.150. The first-order valence-electron chi connectivity index (χ1n) is 4.39. The van der Waals surface area contributed by atoms with Gasteiger partial charge in [-0.05, 0) is 19.3 Å². The second-order valence-electron chi connectivity index (χ2n) is 3.07. The van der Waals surface area contributed by atoms with Crippen LogP contribution in [-0.2, 0) is 9.53 Å². The molecule has 12 heavy (non-hydrogen) atoms. The van der Waals surface area contributed by atoms with E-state index in [1.807, 2.05) is 6.07 Å². The topological polar surface area (TPSA) is 50.1 Å². The molecule has 66 valence electrons. The first-order valence-corrected chi connectivity index (χ1v) is 4.39. The number of hydrogen-bond acceptors (Lipinski definition) is 3. The average Bonchev–Trinajstić information content (AvgIpc) is 2.00. The van der Waals surface area contributed by atoms with E-state index in [-0.39, 0.29) is 12.1 Å². The van der Waals surface area contributed by atoms with Crippen molar-refractivity contribution in [1.82, 2.24) is 0 Å². The Bertz CT molecular complexity index is 195. The molecule has 3 heteroatoms. The van der Waals surface area contributed by atoms with Gasteiger partial charge in [0.1, 0.15) is 6.10 Å². The van der Waals surface area contributed by atoms with Crippen LogP contribution in [0.25, 0.3) is 0 Å². The van der Waals surface area contributed by atoms with Gasteiger partial charge >= 0.3 is 5.97 Å². The van der Waals surface area contributed by atoms with E-state index >= 15 is 0 Å². The molecule has 0 aliphatic carbocycles. The molecule has 1 unspecified atom stereocenters. The lowest BCUT2D eigenvalue weighted by Gasteiger charge is -2.17. The van der Waals surface area contributed by atoms with Crippen LogP contribution in [0, 0.1) is 11.3 Å². The van der Waals surface area contributed by atoms with Crippen LogP contribution in [0.5, 0.6) is 0 Å². The van der Waals surface area contributed by atoms with Gasteiger partial charge in [-0.15, -0.1) is 0 Å². The molecule has 1 rings (SSSR count). The van der Waals surface area contributed by atoms with E-state index in [2.05, 4.69) is 0 Å². The van der Waals surface area contributed by atoms with E-state index in [1.165, 1.54) is 0 Å². The SMILES string of the molecule is N#CCC1CCCCCC(=O)O1.